The van der Waals surface area contributed by atoms with E-state index in [-0.39, 0.29) is 34.9 Å². The summed E-state index contributed by atoms with van der Waals surface area (Å²) in [6.45, 7) is 6.87. The second kappa shape index (κ2) is 8.13. The molecule has 5 rings (SSSR count). The summed E-state index contributed by atoms with van der Waals surface area (Å²) in [5, 5.41) is 0. The zero-order valence-corrected chi connectivity index (χ0v) is 19.6. The van der Waals surface area contributed by atoms with Crippen LogP contribution in [-0.2, 0) is 25.7 Å². The fourth-order valence-corrected chi connectivity index (χ4v) is 7.70. The predicted molar refractivity (Wildman–Crippen MR) is 123 cm³/mol. The highest BCUT2D eigenvalue weighted by atomic mass is 16.5. The first-order valence-corrected chi connectivity index (χ1v) is 12.4. The molecule has 0 amide bonds. The molecule has 4 aliphatic rings. The van der Waals surface area contributed by atoms with E-state index in [2.05, 4.69) is 38.1 Å². The smallest absolute Gasteiger partial charge is 0.302 e. The van der Waals surface area contributed by atoms with Gasteiger partial charge in [-0.15, -0.1) is 0 Å². The number of allylic oxidation sites excluding steroid dienone is 1. The minimum atomic E-state index is -0.222. The summed E-state index contributed by atoms with van der Waals surface area (Å²) in [7, 11) is 0. The number of ketones is 1. The number of fused-ring (bicyclic) bond motifs is 5. The predicted octanol–water partition coefficient (Wildman–Crippen LogP) is 5.65. The monoisotopic (exact) mass is 436 g/mol. The molecule has 0 unspecified atom stereocenters. The van der Waals surface area contributed by atoms with Gasteiger partial charge in [-0.2, -0.15) is 0 Å². The standard InChI is InChI=1S/C28H36O4/c1-18(29)32-21-11-13-27(2)20(15-21)16-24(30)26-22-9-10-25(28(22,3)14-12-23(26)27)31-17-19-7-5-4-6-8-19/h4-8,16,21-23,25-26H,9-15,17H2,1-3H3/t21-,22+,23-,25-,26-,27-,28-/m0/s1. The van der Waals surface area contributed by atoms with Gasteiger partial charge in [0.15, 0.2) is 5.78 Å². The number of carbonyl (C=O) groups excluding carboxylic acids is 2. The molecule has 172 valence electrons. The van der Waals surface area contributed by atoms with Gasteiger partial charge in [0.25, 0.3) is 0 Å². The number of rotatable bonds is 4. The Morgan fingerprint density at radius 2 is 1.81 bits per heavy atom. The van der Waals surface area contributed by atoms with Crippen molar-refractivity contribution in [2.75, 3.05) is 0 Å². The highest BCUT2D eigenvalue weighted by Gasteiger charge is 2.61. The lowest BCUT2D eigenvalue weighted by Gasteiger charge is -2.57. The van der Waals surface area contributed by atoms with Crippen molar-refractivity contribution in [3.05, 3.63) is 47.5 Å². The molecule has 32 heavy (non-hydrogen) atoms. The quantitative estimate of drug-likeness (QED) is 0.573. The van der Waals surface area contributed by atoms with E-state index in [9.17, 15) is 9.59 Å². The van der Waals surface area contributed by atoms with Crippen LogP contribution in [0.5, 0.6) is 0 Å². The normalized spacial score (nSPS) is 40.7. The molecule has 0 bridgehead atoms. The number of esters is 1. The van der Waals surface area contributed by atoms with Gasteiger partial charge in [-0.1, -0.05) is 49.8 Å². The first-order chi connectivity index (χ1) is 15.3. The zero-order valence-electron chi connectivity index (χ0n) is 19.6. The maximum Gasteiger partial charge on any atom is 0.302 e. The van der Waals surface area contributed by atoms with Crippen molar-refractivity contribution in [1.29, 1.82) is 0 Å². The molecular formula is C28H36O4. The Bertz CT molecular complexity index is 921. The minimum Gasteiger partial charge on any atom is -0.462 e. The minimum absolute atomic E-state index is 0.0551. The lowest BCUT2D eigenvalue weighted by Crippen LogP contribution is -2.54. The number of benzene rings is 1. The Balaban J connectivity index is 1.35. The van der Waals surface area contributed by atoms with E-state index in [0.29, 0.717) is 24.2 Å². The molecule has 4 aliphatic carbocycles. The number of carbonyl (C=O) groups is 2. The van der Waals surface area contributed by atoms with Crippen LogP contribution in [-0.4, -0.2) is 24.0 Å². The first-order valence-electron chi connectivity index (χ1n) is 12.4. The van der Waals surface area contributed by atoms with Gasteiger partial charge < -0.3 is 9.47 Å². The summed E-state index contributed by atoms with van der Waals surface area (Å²) in [5.74, 6) is 0.999. The Morgan fingerprint density at radius 3 is 2.56 bits per heavy atom. The summed E-state index contributed by atoms with van der Waals surface area (Å²) >= 11 is 0. The molecule has 3 fully saturated rings. The SMILES string of the molecule is CC(=O)O[C@H]1CC[C@@]2(C)C(=CC(=O)[C@H]3[C@H]4CC[C@H](OCc5ccccc5)[C@@]4(C)CC[C@@H]32)C1. The molecule has 1 aromatic carbocycles. The van der Waals surface area contributed by atoms with Gasteiger partial charge in [-0.3, -0.25) is 9.59 Å². The van der Waals surface area contributed by atoms with E-state index in [1.54, 1.807) is 0 Å². The maximum atomic E-state index is 13.5. The lowest BCUT2D eigenvalue weighted by molar-refractivity contribution is -0.150. The van der Waals surface area contributed by atoms with Crippen LogP contribution in [0.3, 0.4) is 0 Å². The van der Waals surface area contributed by atoms with Crippen LogP contribution in [0, 0.1) is 28.6 Å². The van der Waals surface area contributed by atoms with Crippen molar-refractivity contribution in [2.24, 2.45) is 28.6 Å². The van der Waals surface area contributed by atoms with Gasteiger partial charge in [0, 0.05) is 19.3 Å². The number of hydrogen-bond acceptors (Lipinski definition) is 4. The molecular weight excluding hydrogens is 400 g/mol. The largest absolute Gasteiger partial charge is 0.462 e. The van der Waals surface area contributed by atoms with E-state index in [4.69, 9.17) is 9.47 Å². The fourth-order valence-electron chi connectivity index (χ4n) is 7.70. The molecule has 0 saturated heterocycles. The second-order valence-electron chi connectivity index (χ2n) is 11.1. The molecule has 4 nitrogen and oxygen atoms in total. The van der Waals surface area contributed by atoms with Gasteiger partial charge in [-0.05, 0) is 72.8 Å². The van der Waals surface area contributed by atoms with E-state index < -0.39 is 0 Å². The van der Waals surface area contributed by atoms with Crippen LogP contribution < -0.4 is 0 Å². The van der Waals surface area contributed by atoms with Crippen LogP contribution in [0.2, 0.25) is 0 Å². The highest BCUT2D eigenvalue weighted by Crippen LogP contribution is 2.64. The number of hydrogen-bond donors (Lipinski definition) is 0. The van der Waals surface area contributed by atoms with Crippen LogP contribution in [0.15, 0.2) is 42.0 Å². The van der Waals surface area contributed by atoms with Crippen LogP contribution in [0.25, 0.3) is 0 Å². The third-order valence-electron chi connectivity index (χ3n) is 9.44. The van der Waals surface area contributed by atoms with Gasteiger partial charge in [0.05, 0.1) is 12.7 Å². The fraction of sp³-hybridized carbons (Fsp3) is 0.643. The second-order valence-corrected chi connectivity index (χ2v) is 11.1. The van der Waals surface area contributed by atoms with E-state index in [1.165, 1.54) is 18.1 Å². The van der Waals surface area contributed by atoms with Crippen LogP contribution >= 0.6 is 0 Å². The summed E-state index contributed by atoms with van der Waals surface area (Å²) < 4.78 is 12.0. The summed E-state index contributed by atoms with van der Waals surface area (Å²) in [6.07, 6.45) is 9.05. The van der Waals surface area contributed by atoms with Crippen molar-refractivity contribution in [3.8, 4) is 0 Å². The Labute approximate surface area is 191 Å². The Morgan fingerprint density at radius 1 is 1.03 bits per heavy atom. The first kappa shape index (κ1) is 21.9. The van der Waals surface area contributed by atoms with E-state index in [0.717, 1.165) is 44.9 Å². The molecule has 0 heterocycles. The van der Waals surface area contributed by atoms with Gasteiger partial charge in [0.1, 0.15) is 6.10 Å². The zero-order chi connectivity index (χ0) is 22.5. The Kier molecular flexibility index (Phi) is 5.56. The summed E-state index contributed by atoms with van der Waals surface area (Å²) in [4.78, 5) is 25.0. The summed E-state index contributed by atoms with van der Waals surface area (Å²) in [6, 6.07) is 10.4. The van der Waals surface area contributed by atoms with Crippen molar-refractivity contribution < 1.29 is 19.1 Å². The van der Waals surface area contributed by atoms with Crippen molar-refractivity contribution in [3.63, 3.8) is 0 Å². The van der Waals surface area contributed by atoms with Crippen LogP contribution in [0.4, 0.5) is 0 Å². The molecule has 0 radical (unpaired) electrons. The third-order valence-corrected chi connectivity index (χ3v) is 9.44. The topological polar surface area (TPSA) is 52.6 Å². The molecule has 1 aromatic rings. The molecule has 0 aliphatic heterocycles. The van der Waals surface area contributed by atoms with Crippen molar-refractivity contribution >= 4 is 11.8 Å². The molecule has 0 aromatic heterocycles. The Hall–Kier alpha value is -1.94. The molecule has 0 spiro atoms. The third kappa shape index (κ3) is 3.55. The molecule has 7 atom stereocenters. The molecule has 4 heteroatoms. The molecule has 0 N–H and O–H groups in total. The lowest BCUT2D eigenvalue weighted by atomic mass is 9.47. The van der Waals surface area contributed by atoms with Crippen molar-refractivity contribution in [2.45, 2.75) is 84.5 Å². The average Bonchev–Trinajstić information content (AvgIpc) is 3.10. The van der Waals surface area contributed by atoms with Gasteiger partial charge in [0.2, 0.25) is 0 Å². The number of ether oxygens (including phenoxy) is 2. The van der Waals surface area contributed by atoms with Crippen LogP contribution in [0.1, 0.15) is 71.3 Å². The molecule has 3 saturated carbocycles. The maximum absolute atomic E-state index is 13.5. The van der Waals surface area contributed by atoms with Gasteiger partial charge in [-0.25, -0.2) is 0 Å². The van der Waals surface area contributed by atoms with Crippen molar-refractivity contribution in [1.82, 2.24) is 0 Å². The average molecular weight is 437 g/mol. The van der Waals surface area contributed by atoms with E-state index >= 15 is 0 Å². The summed E-state index contributed by atoms with van der Waals surface area (Å²) in [5.41, 5.74) is 2.56. The van der Waals surface area contributed by atoms with E-state index in [1.807, 2.05) is 12.1 Å². The highest BCUT2D eigenvalue weighted by molar-refractivity contribution is 5.94. The van der Waals surface area contributed by atoms with Gasteiger partial charge >= 0.3 is 5.97 Å².